The van der Waals surface area contributed by atoms with Gasteiger partial charge in [0.25, 0.3) is 0 Å². The topological polar surface area (TPSA) is 3.24 Å². The van der Waals surface area contributed by atoms with Gasteiger partial charge < -0.3 is 22.2 Å². The summed E-state index contributed by atoms with van der Waals surface area (Å²) in [5.74, 6) is 0. The molecule has 1 radical (unpaired) electrons. The molecule has 0 saturated carbocycles. The molecule has 0 unspecified atom stereocenters. The van der Waals surface area contributed by atoms with Crippen molar-refractivity contribution in [1.29, 1.82) is 0 Å². The fourth-order valence-corrected chi connectivity index (χ4v) is 7.83. The first-order chi connectivity index (χ1) is 14.9. The van der Waals surface area contributed by atoms with Gasteiger partial charge in [-0.15, -0.1) is 0 Å². The number of halogens is 4. The van der Waals surface area contributed by atoms with E-state index in [0.29, 0.717) is 0 Å². The monoisotopic (exact) mass is 574 g/mol. The fourth-order valence-electron chi connectivity index (χ4n) is 4.15. The van der Waals surface area contributed by atoms with Crippen molar-refractivity contribution >= 4 is 20.5 Å². The van der Waals surface area contributed by atoms with Crippen LogP contribution in [0.1, 0.15) is 64.5 Å². The van der Waals surface area contributed by atoms with Gasteiger partial charge in [0.05, 0.1) is 17.0 Å². The number of nitrogens with zero attached hydrogens (tertiary/aromatic N) is 1. The Kier molecular flexibility index (Phi) is 15.4. The predicted octanol–water partition coefficient (Wildman–Crippen LogP) is 8.47. The molecule has 0 aromatic heterocycles. The summed E-state index contributed by atoms with van der Waals surface area (Å²) in [5, 5.41) is 1.69. The molecule has 0 N–H and O–H groups in total. The Bertz CT molecular complexity index is 749. The number of allylic oxidation sites excluding steroid dienone is 5. The van der Waals surface area contributed by atoms with Gasteiger partial charge >= 0.3 is 26.7 Å². The zero-order chi connectivity index (χ0) is 24.3. The maximum absolute atomic E-state index is 9.75. The number of likely N-dealkylation sites (N-methyl/N-ethyl adjacent to an activating group) is 1. The summed E-state index contributed by atoms with van der Waals surface area (Å²) in [6, 6.07) is 8.99. The van der Waals surface area contributed by atoms with Gasteiger partial charge in [-0.05, 0) is 58.9 Å². The zero-order valence-corrected chi connectivity index (χ0v) is 23.3. The average Bonchev–Trinajstić information content (AvgIpc) is 2.99. The average molecular weight is 574 g/mol. The summed E-state index contributed by atoms with van der Waals surface area (Å²) in [7, 11) is -2.13. The molecule has 0 bridgehead atoms. The van der Waals surface area contributed by atoms with Gasteiger partial charge in [0.1, 0.15) is 5.31 Å². The second-order valence-electron chi connectivity index (χ2n) is 8.91. The Labute approximate surface area is 212 Å². The Morgan fingerprint density at radius 1 is 0.788 bits per heavy atom. The van der Waals surface area contributed by atoms with Crippen molar-refractivity contribution in [1.82, 2.24) is 4.90 Å². The van der Waals surface area contributed by atoms with E-state index in [1.807, 2.05) is 0 Å². The fraction of sp³-hybridized carbons (Fsp3) is 0.520. The van der Waals surface area contributed by atoms with Gasteiger partial charge in [-0.3, -0.25) is 0 Å². The molecule has 0 saturated heterocycles. The van der Waals surface area contributed by atoms with Gasteiger partial charge in [0.2, 0.25) is 0 Å². The van der Waals surface area contributed by atoms with Crippen LogP contribution >= 0.6 is 7.92 Å². The third-order valence-electron chi connectivity index (χ3n) is 5.34. The van der Waals surface area contributed by atoms with Crippen LogP contribution in [0, 0.1) is 0 Å². The number of hydrogen-bond donors (Lipinski definition) is 0. The number of fused-ring (bicyclic) bond motifs is 1. The molecule has 0 spiro atoms. The molecule has 33 heavy (non-hydrogen) atoms. The van der Waals surface area contributed by atoms with E-state index in [4.69, 9.17) is 0 Å². The van der Waals surface area contributed by atoms with Crippen molar-refractivity contribution in [2.24, 2.45) is 0 Å². The Hall–Kier alpha value is -0.922. The summed E-state index contributed by atoms with van der Waals surface area (Å²) in [6.45, 7) is 9.59. The normalized spacial score (nSPS) is 17.1. The maximum Gasteiger partial charge on any atom is 2.00 e. The number of hydrogen-bond acceptors (Lipinski definition) is 1. The molecule has 1 aromatic rings. The SMILES string of the molecule is C1=C\CC/C=C\CC/1.CC(C)[PH+](C1=C(N(C)C)Cc2ccccc21)C(C)C.F[B-](F)(F)F.[Rh+2]. The van der Waals surface area contributed by atoms with E-state index in [2.05, 4.69) is 95.3 Å². The first-order valence-corrected chi connectivity index (χ1v) is 13.1. The molecule has 0 aliphatic heterocycles. The number of rotatable bonds is 4. The van der Waals surface area contributed by atoms with Crippen LogP contribution in [-0.4, -0.2) is 37.6 Å². The van der Waals surface area contributed by atoms with E-state index in [1.54, 1.807) is 11.0 Å². The molecular formula is C25H39BF4NPRh+2. The molecule has 187 valence electrons. The number of benzene rings is 1. The molecule has 3 rings (SSSR count). The summed E-state index contributed by atoms with van der Waals surface area (Å²) in [4.78, 5) is 2.34. The summed E-state index contributed by atoms with van der Waals surface area (Å²) in [6.07, 6.45) is 15.1. The summed E-state index contributed by atoms with van der Waals surface area (Å²) < 4.78 is 39.0. The van der Waals surface area contributed by atoms with Crippen LogP contribution in [0.15, 0.2) is 54.3 Å². The first-order valence-electron chi connectivity index (χ1n) is 11.5. The minimum Gasteiger partial charge on any atom is -0.418 e. The Morgan fingerprint density at radius 2 is 1.18 bits per heavy atom. The molecule has 0 heterocycles. The Morgan fingerprint density at radius 3 is 1.55 bits per heavy atom. The van der Waals surface area contributed by atoms with E-state index in [1.165, 1.54) is 36.8 Å². The molecule has 0 amide bonds. The predicted molar refractivity (Wildman–Crippen MR) is 136 cm³/mol. The van der Waals surface area contributed by atoms with Crippen LogP contribution in [-0.2, 0) is 25.9 Å². The smallest absolute Gasteiger partial charge is 0.418 e. The van der Waals surface area contributed by atoms with Crippen molar-refractivity contribution < 1.29 is 36.7 Å². The van der Waals surface area contributed by atoms with E-state index in [-0.39, 0.29) is 19.5 Å². The zero-order valence-electron chi connectivity index (χ0n) is 20.7. The largest absolute Gasteiger partial charge is 2.00 e. The van der Waals surface area contributed by atoms with Gasteiger partial charge in [0, 0.05) is 34.0 Å². The summed E-state index contributed by atoms with van der Waals surface area (Å²) >= 11 is 0. The van der Waals surface area contributed by atoms with Crippen LogP contribution < -0.4 is 0 Å². The first kappa shape index (κ1) is 32.1. The molecule has 2 aliphatic carbocycles. The molecule has 0 fully saturated rings. The van der Waals surface area contributed by atoms with Crippen LogP contribution in [0.5, 0.6) is 0 Å². The molecule has 0 atom stereocenters. The molecule has 1 aromatic carbocycles. The second-order valence-corrected chi connectivity index (χ2v) is 12.6. The molecular weight excluding hydrogens is 535 g/mol. The van der Waals surface area contributed by atoms with Gasteiger partial charge in [-0.2, -0.15) is 0 Å². The van der Waals surface area contributed by atoms with Crippen LogP contribution in [0.3, 0.4) is 0 Å². The van der Waals surface area contributed by atoms with Gasteiger partial charge in [0.15, 0.2) is 0 Å². The Balaban J connectivity index is 0.000000605. The van der Waals surface area contributed by atoms with Crippen molar-refractivity contribution in [3.8, 4) is 0 Å². The quantitative estimate of drug-likeness (QED) is 0.151. The van der Waals surface area contributed by atoms with Crippen molar-refractivity contribution in [2.75, 3.05) is 14.1 Å². The van der Waals surface area contributed by atoms with Gasteiger partial charge in [-0.1, -0.05) is 48.6 Å². The van der Waals surface area contributed by atoms with Crippen LogP contribution in [0.4, 0.5) is 17.3 Å². The minimum absolute atomic E-state index is 0. The van der Waals surface area contributed by atoms with E-state index >= 15 is 0 Å². The molecule has 2 aliphatic rings. The van der Waals surface area contributed by atoms with Crippen molar-refractivity contribution in [3.05, 3.63) is 65.4 Å². The van der Waals surface area contributed by atoms with Crippen molar-refractivity contribution in [2.45, 2.75) is 71.1 Å². The minimum atomic E-state index is -6.00. The van der Waals surface area contributed by atoms with Crippen molar-refractivity contribution in [3.63, 3.8) is 0 Å². The maximum atomic E-state index is 9.75. The van der Waals surface area contributed by atoms with Crippen LogP contribution in [0.25, 0.3) is 5.31 Å². The standard InChI is InChI=1S/C17H26NP.C8H12.BF4.Rh/c1-12(2)19(13(3)4)17-15-10-8-7-9-14(15)11-16(17)18(5)6;1-2-4-6-8-7-5-3-1;2-1(3,4)5;/h7-10,12-13H,11H2,1-6H3;1-2,7-8H,3-6H2;;/q;;-1;+2/p+1/b;2-1-,8-7-;;. The van der Waals surface area contributed by atoms with E-state index in [0.717, 1.165) is 17.7 Å². The van der Waals surface area contributed by atoms with E-state index in [9.17, 15) is 17.3 Å². The third kappa shape index (κ3) is 12.4. The van der Waals surface area contributed by atoms with Gasteiger partial charge in [-0.25, -0.2) is 0 Å². The summed E-state index contributed by atoms with van der Waals surface area (Å²) in [5.41, 5.74) is 6.16. The molecule has 8 heteroatoms. The second kappa shape index (κ2) is 15.9. The molecule has 1 nitrogen and oxygen atoms in total. The van der Waals surface area contributed by atoms with Crippen LogP contribution in [0.2, 0.25) is 0 Å². The third-order valence-corrected chi connectivity index (χ3v) is 8.96. The van der Waals surface area contributed by atoms with E-state index < -0.39 is 15.2 Å².